The molecule has 0 aliphatic rings. The van der Waals surface area contributed by atoms with Crippen LogP contribution < -0.4 is 20.4 Å². The van der Waals surface area contributed by atoms with E-state index in [1.807, 2.05) is 79.9 Å². The van der Waals surface area contributed by atoms with Gasteiger partial charge in [0.2, 0.25) is 0 Å². The van der Waals surface area contributed by atoms with Gasteiger partial charge in [0, 0.05) is 26.2 Å². The first-order chi connectivity index (χ1) is 16.7. The summed E-state index contributed by atoms with van der Waals surface area (Å²) in [5.74, 6) is 0.282. The van der Waals surface area contributed by atoms with E-state index in [1.54, 1.807) is 13.8 Å². The SMILES string of the molecule is CC[C@@H](C)[O-].CC[C@@H](C)[O-].Cc1cc(C)c([O-])c(CN(C)CCN(C)Cc2cc(C)cc(C)c2[O-])c1.[Ti+4]. The Labute approximate surface area is 241 Å². The second-order valence-corrected chi connectivity index (χ2v) is 10.1. The Hall–Kier alpha value is -1.41. The van der Waals surface area contributed by atoms with Gasteiger partial charge in [-0.15, -0.1) is 23.7 Å². The van der Waals surface area contributed by atoms with Crippen LogP contribution in [0, 0.1) is 27.7 Å². The summed E-state index contributed by atoms with van der Waals surface area (Å²) in [5, 5.41) is 44.3. The Balaban J connectivity index is 0. The van der Waals surface area contributed by atoms with Crippen molar-refractivity contribution in [2.75, 3.05) is 27.2 Å². The van der Waals surface area contributed by atoms with Crippen LogP contribution in [0.3, 0.4) is 0 Å². The van der Waals surface area contributed by atoms with Gasteiger partial charge in [-0.05, 0) is 52.9 Å². The molecule has 0 saturated carbocycles. The molecule has 2 aromatic carbocycles. The van der Waals surface area contributed by atoms with Gasteiger partial charge in [-0.2, -0.15) is 0 Å². The minimum Gasteiger partial charge on any atom is -0.872 e. The molecule has 0 aromatic heterocycles. The second-order valence-electron chi connectivity index (χ2n) is 10.1. The molecule has 2 atom stereocenters. The van der Waals surface area contributed by atoms with E-state index in [0.717, 1.165) is 59.3 Å². The maximum atomic E-state index is 12.3. The van der Waals surface area contributed by atoms with E-state index in [0.29, 0.717) is 13.1 Å². The third kappa shape index (κ3) is 16.2. The molecule has 0 spiro atoms. The average Bonchev–Trinajstić information content (AvgIpc) is 2.79. The smallest absolute Gasteiger partial charge is 0.872 e. The first-order valence-electron chi connectivity index (χ1n) is 12.9. The predicted molar refractivity (Wildman–Crippen MR) is 143 cm³/mol. The average molecular weight is 549 g/mol. The van der Waals surface area contributed by atoms with Crippen molar-refractivity contribution in [1.29, 1.82) is 0 Å². The number of likely N-dealkylation sites (N-methyl/N-ethyl adjacent to an activating group) is 2. The van der Waals surface area contributed by atoms with Crippen LogP contribution in [0.15, 0.2) is 24.3 Å². The van der Waals surface area contributed by atoms with Gasteiger partial charge in [0.15, 0.2) is 0 Å². The zero-order valence-corrected chi connectivity index (χ0v) is 26.3. The van der Waals surface area contributed by atoms with Crippen LogP contribution in [0.4, 0.5) is 0 Å². The molecule has 2 rings (SSSR count). The summed E-state index contributed by atoms with van der Waals surface area (Å²) in [6, 6.07) is 7.83. The van der Waals surface area contributed by atoms with Crippen LogP contribution in [-0.2, 0) is 34.8 Å². The van der Waals surface area contributed by atoms with Crippen molar-refractivity contribution in [3.8, 4) is 11.5 Å². The van der Waals surface area contributed by atoms with Crippen LogP contribution in [0.2, 0.25) is 0 Å². The number of rotatable bonds is 9. The zero-order valence-electron chi connectivity index (χ0n) is 24.7. The van der Waals surface area contributed by atoms with E-state index in [9.17, 15) is 20.4 Å². The molecule has 0 aliphatic heterocycles. The monoisotopic (exact) mass is 548 g/mol. The maximum Gasteiger partial charge on any atom is 4.00 e. The Morgan fingerprint density at radius 3 is 1.16 bits per heavy atom. The van der Waals surface area contributed by atoms with Crippen LogP contribution in [-0.4, -0.2) is 49.2 Å². The summed E-state index contributed by atoms with van der Waals surface area (Å²) in [6.07, 6.45) is 0.769. The standard InChI is InChI=1S/C22H32N2O2.2C4H9O.Ti/c1-15-9-17(3)21(25)19(11-15)13-23(5)7-8-24(6)14-20-12-16(2)10-18(4)22(20)26;2*1-3-4(2)5;/h9-12,25-26H,7-8,13-14H2,1-6H3;2*4H,3H2,1-2H3;/q;2*-1;+4/p-2/t;2*4-;/m.11./s1. The van der Waals surface area contributed by atoms with E-state index < -0.39 is 0 Å². The summed E-state index contributed by atoms with van der Waals surface area (Å²) in [6.45, 7) is 17.9. The number of hydrogen-bond acceptors (Lipinski definition) is 6. The summed E-state index contributed by atoms with van der Waals surface area (Å²) < 4.78 is 0. The normalized spacial score (nSPS) is 12.2. The van der Waals surface area contributed by atoms with Crippen molar-refractivity contribution in [1.82, 2.24) is 9.80 Å². The molecule has 37 heavy (non-hydrogen) atoms. The molecule has 7 heteroatoms. The van der Waals surface area contributed by atoms with Crippen molar-refractivity contribution in [3.05, 3.63) is 57.6 Å². The molecule has 0 heterocycles. The van der Waals surface area contributed by atoms with Crippen LogP contribution in [0.5, 0.6) is 11.5 Å². The van der Waals surface area contributed by atoms with E-state index in [1.165, 1.54) is 0 Å². The number of nitrogens with zero attached hydrogens (tertiary/aromatic N) is 2. The summed E-state index contributed by atoms with van der Waals surface area (Å²) >= 11 is 0. The molecule has 0 N–H and O–H groups in total. The van der Waals surface area contributed by atoms with Crippen molar-refractivity contribution in [3.63, 3.8) is 0 Å². The van der Waals surface area contributed by atoms with E-state index >= 15 is 0 Å². The first kappa shape index (κ1) is 37.7. The van der Waals surface area contributed by atoms with Gasteiger partial charge < -0.3 is 30.2 Å². The number of benzene rings is 2. The van der Waals surface area contributed by atoms with Gasteiger partial charge in [0.1, 0.15) is 0 Å². The molecular formula is C30H48N2O4Ti. The largest absolute Gasteiger partial charge is 4.00 e. The fourth-order valence-corrected chi connectivity index (χ4v) is 3.40. The van der Waals surface area contributed by atoms with Crippen molar-refractivity contribution < 1.29 is 42.1 Å². The zero-order chi connectivity index (χ0) is 28.0. The van der Waals surface area contributed by atoms with Crippen molar-refractivity contribution in [2.45, 2.75) is 93.5 Å². The van der Waals surface area contributed by atoms with E-state index in [2.05, 4.69) is 9.80 Å². The molecule has 2 aromatic rings. The van der Waals surface area contributed by atoms with Gasteiger partial charge >= 0.3 is 21.7 Å². The van der Waals surface area contributed by atoms with Crippen molar-refractivity contribution >= 4 is 0 Å². The summed E-state index contributed by atoms with van der Waals surface area (Å²) in [4.78, 5) is 4.32. The second kappa shape index (κ2) is 19.6. The van der Waals surface area contributed by atoms with Gasteiger partial charge in [0.25, 0.3) is 0 Å². The predicted octanol–water partition coefficient (Wildman–Crippen LogP) is 2.92. The van der Waals surface area contributed by atoms with E-state index in [-0.39, 0.29) is 45.4 Å². The maximum absolute atomic E-state index is 12.3. The topological polar surface area (TPSA) is 98.7 Å². The number of aryl methyl sites for hydroxylation is 4. The Morgan fingerprint density at radius 1 is 0.649 bits per heavy atom. The van der Waals surface area contributed by atoms with Gasteiger partial charge in [-0.1, -0.05) is 87.1 Å². The van der Waals surface area contributed by atoms with Gasteiger partial charge in [-0.25, -0.2) is 0 Å². The van der Waals surface area contributed by atoms with Crippen LogP contribution in [0.1, 0.15) is 73.9 Å². The molecule has 0 bridgehead atoms. The molecule has 0 unspecified atom stereocenters. The minimum absolute atomic E-state index is 0. The Bertz CT molecular complexity index is 830. The van der Waals surface area contributed by atoms with Crippen molar-refractivity contribution in [2.24, 2.45) is 0 Å². The molecular weight excluding hydrogens is 500 g/mol. The molecule has 0 aliphatic carbocycles. The fraction of sp³-hybridized carbons (Fsp3) is 0.600. The molecule has 0 fully saturated rings. The van der Waals surface area contributed by atoms with Crippen LogP contribution >= 0.6 is 0 Å². The van der Waals surface area contributed by atoms with Gasteiger partial charge in [-0.3, -0.25) is 0 Å². The minimum atomic E-state index is -0.366. The Morgan fingerprint density at radius 2 is 0.919 bits per heavy atom. The number of hydrogen-bond donors (Lipinski definition) is 0. The molecule has 206 valence electrons. The molecule has 0 radical (unpaired) electrons. The first-order valence-corrected chi connectivity index (χ1v) is 12.9. The third-order valence-corrected chi connectivity index (χ3v) is 5.89. The molecule has 0 amide bonds. The van der Waals surface area contributed by atoms with E-state index in [4.69, 9.17) is 0 Å². The van der Waals surface area contributed by atoms with Gasteiger partial charge in [0.05, 0.1) is 0 Å². The molecule has 6 nitrogen and oxygen atoms in total. The molecule has 0 saturated heterocycles. The fourth-order valence-electron chi connectivity index (χ4n) is 3.40. The summed E-state index contributed by atoms with van der Waals surface area (Å²) in [5.41, 5.74) is 5.57. The quantitative estimate of drug-likeness (QED) is 0.447. The Kier molecular flexibility index (Phi) is 20.0. The third-order valence-electron chi connectivity index (χ3n) is 5.89. The summed E-state index contributed by atoms with van der Waals surface area (Å²) in [7, 11) is 4.06. The van der Waals surface area contributed by atoms with Crippen LogP contribution in [0.25, 0.3) is 0 Å².